The van der Waals surface area contributed by atoms with Gasteiger partial charge in [0.25, 0.3) is 5.91 Å². The molecule has 1 heterocycles. The largest absolute Gasteiger partial charge is 0.483 e. The number of para-hydroxylation sites is 1. The Morgan fingerprint density at radius 2 is 2.00 bits per heavy atom. The van der Waals surface area contributed by atoms with Crippen LogP contribution in [0.5, 0.6) is 11.5 Å². The number of rotatable bonds is 4. The van der Waals surface area contributed by atoms with Gasteiger partial charge >= 0.3 is 0 Å². The van der Waals surface area contributed by atoms with Crippen LogP contribution in [0.1, 0.15) is 57.9 Å². The van der Waals surface area contributed by atoms with Crippen LogP contribution in [0.2, 0.25) is 0 Å². The average molecular weight is 317 g/mol. The number of carbonyl (C=O) groups is 1. The maximum absolute atomic E-state index is 12.1. The van der Waals surface area contributed by atoms with E-state index in [4.69, 9.17) is 9.47 Å². The van der Waals surface area contributed by atoms with Gasteiger partial charge in [-0.2, -0.15) is 0 Å². The van der Waals surface area contributed by atoms with Crippen LogP contribution in [-0.2, 0) is 11.2 Å². The molecule has 0 bridgehead atoms. The van der Waals surface area contributed by atoms with Crippen molar-refractivity contribution in [2.45, 2.75) is 70.4 Å². The Morgan fingerprint density at radius 3 is 2.74 bits per heavy atom. The minimum absolute atomic E-state index is 0.0354. The molecule has 4 heteroatoms. The number of ether oxygens (including phenoxy) is 2. The normalized spacial score (nSPS) is 20.3. The third kappa shape index (κ3) is 4.18. The molecule has 1 N–H and O–H groups in total. The first kappa shape index (κ1) is 16.2. The molecule has 0 saturated heterocycles. The molecule has 3 rings (SSSR count). The molecule has 1 saturated carbocycles. The highest BCUT2D eigenvalue weighted by atomic mass is 16.5. The topological polar surface area (TPSA) is 47.6 Å². The van der Waals surface area contributed by atoms with Gasteiger partial charge in [-0.25, -0.2) is 0 Å². The average Bonchev–Trinajstić information content (AvgIpc) is 2.66. The van der Waals surface area contributed by atoms with Crippen molar-refractivity contribution in [3.63, 3.8) is 0 Å². The Morgan fingerprint density at radius 1 is 1.26 bits per heavy atom. The number of carbonyl (C=O) groups excluding carboxylic acids is 1. The third-order valence-corrected chi connectivity index (χ3v) is 4.63. The van der Waals surface area contributed by atoms with Crippen LogP contribution < -0.4 is 14.8 Å². The standard InChI is InChI=1S/C19H27NO3/c1-19(2)12-14-8-7-11-16(18(14)23-19)22-13-17(21)20-15-9-5-3-4-6-10-15/h7-8,11,15H,3-6,9-10,12-13H2,1-2H3,(H,20,21). The van der Waals surface area contributed by atoms with Gasteiger partial charge in [0.15, 0.2) is 18.1 Å². The van der Waals surface area contributed by atoms with Gasteiger partial charge in [0.05, 0.1) is 0 Å². The van der Waals surface area contributed by atoms with Gasteiger partial charge in [0, 0.05) is 18.0 Å². The summed E-state index contributed by atoms with van der Waals surface area (Å²) in [5, 5.41) is 3.11. The van der Waals surface area contributed by atoms with Gasteiger partial charge in [-0.1, -0.05) is 37.8 Å². The van der Waals surface area contributed by atoms with E-state index in [1.807, 2.05) is 12.1 Å². The van der Waals surface area contributed by atoms with E-state index in [9.17, 15) is 4.79 Å². The highest BCUT2D eigenvalue weighted by molar-refractivity contribution is 5.78. The lowest BCUT2D eigenvalue weighted by Gasteiger charge is -2.19. The zero-order valence-corrected chi connectivity index (χ0v) is 14.2. The minimum Gasteiger partial charge on any atom is -0.483 e. The number of fused-ring (bicyclic) bond motifs is 1. The number of benzene rings is 1. The van der Waals surface area contributed by atoms with E-state index in [1.54, 1.807) is 0 Å². The first-order valence-corrected chi connectivity index (χ1v) is 8.77. The van der Waals surface area contributed by atoms with Crippen molar-refractivity contribution < 1.29 is 14.3 Å². The molecule has 2 aliphatic rings. The van der Waals surface area contributed by atoms with E-state index in [2.05, 4.69) is 25.2 Å². The number of nitrogens with one attached hydrogen (secondary N) is 1. The van der Waals surface area contributed by atoms with Crippen LogP contribution >= 0.6 is 0 Å². The summed E-state index contributed by atoms with van der Waals surface area (Å²) in [6.45, 7) is 4.18. The molecule has 126 valence electrons. The SMILES string of the molecule is CC1(C)Cc2cccc(OCC(=O)NC3CCCCCC3)c2O1. The molecule has 0 atom stereocenters. The van der Waals surface area contributed by atoms with E-state index < -0.39 is 0 Å². The molecule has 1 aromatic rings. The predicted molar refractivity (Wildman–Crippen MR) is 90.0 cm³/mol. The molecular weight excluding hydrogens is 290 g/mol. The molecule has 1 fully saturated rings. The summed E-state index contributed by atoms with van der Waals surface area (Å²) in [5.74, 6) is 1.43. The fourth-order valence-electron chi connectivity index (χ4n) is 3.54. The maximum atomic E-state index is 12.1. The maximum Gasteiger partial charge on any atom is 0.258 e. The van der Waals surface area contributed by atoms with Crippen molar-refractivity contribution in [2.75, 3.05) is 6.61 Å². The molecule has 0 spiro atoms. The molecule has 4 nitrogen and oxygen atoms in total. The van der Waals surface area contributed by atoms with Crippen LogP contribution in [-0.4, -0.2) is 24.2 Å². The van der Waals surface area contributed by atoms with Crippen LogP contribution in [0.25, 0.3) is 0 Å². The fourth-order valence-corrected chi connectivity index (χ4v) is 3.54. The zero-order chi connectivity index (χ0) is 16.3. The summed E-state index contributed by atoms with van der Waals surface area (Å²) < 4.78 is 11.7. The van der Waals surface area contributed by atoms with Crippen molar-refractivity contribution in [2.24, 2.45) is 0 Å². The molecule has 0 aromatic heterocycles. The van der Waals surface area contributed by atoms with Crippen molar-refractivity contribution in [1.29, 1.82) is 0 Å². The highest BCUT2D eigenvalue weighted by Crippen LogP contribution is 2.41. The molecule has 1 aromatic carbocycles. The molecular formula is C19H27NO3. The summed E-state index contributed by atoms with van der Waals surface area (Å²) in [6.07, 6.45) is 8.03. The second-order valence-corrected chi connectivity index (χ2v) is 7.33. The first-order valence-electron chi connectivity index (χ1n) is 8.77. The Labute approximate surface area is 138 Å². The van der Waals surface area contributed by atoms with Gasteiger partial charge in [-0.05, 0) is 32.8 Å². The van der Waals surface area contributed by atoms with Crippen molar-refractivity contribution in [3.8, 4) is 11.5 Å². The van der Waals surface area contributed by atoms with E-state index in [-0.39, 0.29) is 18.1 Å². The van der Waals surface area contributed by atoms with Crippen molar-refractivity contribution in [1.82, 2.24) is 5.32 Å². The van der Waals surface area contributed by atoms with E-state index >= 15 is 0 Å². The van der Waals surface area contributed by atoms with E-state index in [0.29, 0.717) is 11.8 Å². The first-order chi connectivity index (χ1) is 11.0. The monoisotopic (exact) mass is 317 g/mol. The van der Waals surface area contributed by atoms with Crippen molar-refractivity contribution >= 4 is 5.91 Å². The van der Waals surface area contributed by atoms with Gasteiger partial charge in [0.2, 0.25) is 0 Å². The summed E-state index contributed by atoms with van der Waals surface area (Å²) in [4.78, 5) is 12.1. The molecule has 1 aliphatic carbocycles. The second-order valence-electron chi connectivity index (χ2n) is 7.33. The summed E-state index contributed by atoms with van der Waals surface area (Å²) in [7, 11) is 0. The third-order valence-electron chi connectivity index (χ3n) is 4.63. The zero-order valence-electron chi connectivity index (χ0n) is 14.2. The predicted octanol–water partition coefficient (Wildman–Crippen LogP) is 3.62. The van der Waals surface area contributed by atoms with Gasteiger partial charge < -0.3 is 14.8 Å². The van der Waals surface area contributed by atoms with Crippen LogP contribution in [0.15, 0.2) is 18.2 Å². The lowest BCUT2D eigenvalue weighted by molar-refractivity contribution is -0.123. The van der Waals surface area contributed by atoms with Crippen LogP contribution in [0.4, 0.5) is 0 Å². The Bertz CT molecular complexity index is 560. The molecule has 1 aliphatic heterocycles. The Hall–Kier alpha value is -1.71. The fraction of sp³-hybridized carbons (Fsp3) is 0.632. The van der Waals surface area contributed by atoms with Gasteiger partial charge in [-0.15, -0.1) is 0 Å². The smallest absolute Gasteiger partial charge is 0.258 e. The summed E-state index contributed by atoms with van der Waals surface area (Å²) in [6, 6.07) is 6.20. The number of amides is 1. The molecule has 0 radical (unpaired) electrons. The molecule has 0 unspecified atom stereocenters. The molecule has 23 heavy (non-hydrogen) atoms. The lowest BCUT2D eigenvalue weighted by Crippen LogP contribution is -2.37. The van der Waals surface area contributed by atoms with Crippen molar-refractivity contribution in [3.05, 3.63) is 23.8 Å². The van der Waals surface area contributed by atoms with Crippen LogP contribution in [0, 0.1) is 0 Å². The molecule has 1 amide bonds. The van der Waals surface area contributed by atoms with E-state index in [0.717, 1.165) is 30.6 Å². The van der Waals surface area contributed by atoms with E-state index in [1.165, 1.54) is 25.7 Å². The Balaban J connectivity index is 1.55. The minimum atomic E-state index is -0.204. The summed E-state index contributed by atoms with van der Waals surface area (Å²) in [5.41, 5.74) is 0.946. The second kappa shape index (κ2) is 6.81. The van der Waals surface area contributed by atoms with Crippen LogP contribution in [0.3, 0.4) is 0 Å². The highest BCUT2D eigenvalue weighted by Gasteiger charge is 2.32. The number of hydrogen-bond acceptors (Lipinski definition) is 3. The lowest BCUT2D eigenvalue weighted by atomic mass is 10.0. The number of hydrogen-bond donors (Lipinski definition) is 1. The van der Waals surface area contributed by atoms with Gasteiger partial charge in [0.1, 0.15) is 5.60 Å². The quantitative estimate of drug-likeness (QED) is 0.863. The summed E-state index contributed by atoms with van der Waals surface area (Å²) >= 11 is 0. The Kier molecular flexibility index (Phi) is 4.79. The van der Waals surface area contributed by atoms with Gasteiger partial charge in [-0.3, -0.25) is 4.79 Å².